The van der Waals surface area contributed by atoms with E-state index in [4.69, 9.17) is 23.2 Å². The maximum Gasteiger partial charge on any atom is 0.0588 e. The number of rotatable bonds is 2. The molecule has 0 nitrogen and oxygen atoms in total. The summed E-state index contributed by atoms with van der Waals surface area (Å²) in [4.78, 5) is 0. The highest BCUT2D eigenvalue weighted by molar-refractivity contribution is 6.41. The molecule has 0 aromatic heterocycles. The minimum absolute atomic E-state index is 0.481. The first-order chi connectivity index (χ1) is 5.22. The lowest BCUT2D eigenvalue weighted by Gasteiger charge is -1.88. The number of halogens is 2. The molecule has 0 aromatic carbocycles. The molecular formula is C9H14Cl2. The van der Waals surface area contributed by atoms with Crippen LogP contribution in [0, 0.1) is 0 Å². The van der Waals surface area contributed by atoms with Gasteiger partial charge >= 0.3 is 0 Å². The van der Waals surface area contributed by atoms with E-state index in [9.17, 15) is 0 Å². The minimum Gasteiger partial charge on any atom is -0.0975 e. The van der Waals surface area contributed by atoms with Gasteiger partial charge in [0.15, 0.2) is 0 Å². The van der Waals surface area contributed by atoms with E-state index in [-0.39, 0.29) is 0 Å². The van der Waals surface area contributed by atoms with E-state index in [0.717, 1.165) is 0 Å². The molecule has 11 heavy (non-hydrogen) atoms. The van der Waals surface area contributed by atoms with Crippen LogP contribution in [0.15, 0.2) is 34.9 Å². The Bertz CT molecular complexity index is 155. The second kappa shape index (κ2) is 9.80. The Hall–Kier alpha value is -0.200. The van der Waals surface area contributed by atoms with Crippen molar-refractivity contribution in [3.63, 3.8) is 0 Å². The van der Waals surface area contributed by atoms with Gasteiger partial charge in [0.05, 0.1) is 10.1 Å². The van der Waals surface area contributed by atoms with Gasteiger partial charge in [0, 0.05) is 0 Å². The van der Waals surface area contributed by atoms with E-state index < -0.39 is 0 Å². The van der Waals surface area contributed by atoms with E-state index >= 15 is 0 Å². The van der Waals surface area contributed by atoms with Crippen LogP contribution in [-0.2, 0) is 0 Å². The zero-order valence-corrected chi connectivity index (χ0v) is 8.71. The lowest BCUT2D eigenvalue weighted by Crippen LogP contribution is -1.66. The molecule has 0 amide bonds. The first-order valence-corrected chi connectivity index (χ1v) is 4.28. The van der Waals surface area contributed by atoms with Crippen LogP contribution in [0.2, 0.25) is 0 Å². The van der Waals surface area contributed by atoms with Crippen molar-refractivity contribution >= 4 is 23.2 Å². The van der Waals surface area contributed by atoms with Crippen molar-refractivity contribution in [3.8, 4) is 0 Å². The van der Waals surface area contributed by atoms with Gasteiger partial charge in [-0.1, -0.05) is 49.7 Å². The number of allylic oxidation sites excluding steroid dienone is 5. The van der Waals surface area contributed by atoms with Crippen LogP contribution in [0.3, 0.4) is 0 Å². The molecular weight excluding hydrogens is 179 g/mol. The molecule has 0 heterocycles. The first kappa shape index (κ1) is 13.4. The second-order valence-electron chi connectivity index (χ2n) is 1.40. The van der Waals surface area contributed by atoms with Gasteiger partial charge < -0.3 is 0 Å². The van der Waals surface area contributed by atoms with Crippen molar-refractivity contribution < 1.29 is 0 Å². The maximum atomic E-state index is 5.62. The fraction of sp³-hybridized carbons (Fsp3) is 0.333. The highest BCUT2D eigenvalue weighted by Gasteiger charge is 1.89. The molecule has 0 saturated heterocycles. The Morgan fingerprint density at radius 2 is 1.64 bits per heavy atom. The summed E-state index contributed by atoms with van der Waals surface area (Å²) in [6, 6.07) is 0. The van der Waals surface area contributed by atoms with Gasteiger partial charge in [0.2, 0.25) is 0 Å². The number of hydrogen-bond acceptors (Lipinski definition) is 0. The van der Waals surface area contributed by atoms with Crippen molar-refractivity contribution in [2.75, 3.05) is 0 Å². The average Bonchev–Trinajstić information content (AvgIpc) is 2.07. The predicted octanol–water partition coefficient (Wildman–Crippen LogP) is 4.46. The number of hydrogen-bond donors (Lipinski definition) is 0. The van der Waals surface area contributed by atoms with Crippen LogP contribution in [0.5, 0.6) is 0 Å². The molecule has 0 radical (unpaired) electrons. The predicted molar refractivity (Wildman–Crippen MR) is 55.1 cm³/mol. The van der Waals surface area contributed by atoms with Crippen LogP contribution >= 0.6 is 23.2 Å². The van der Waals surface area contributed by atoms with Crippen molar-refractivity contribution in [2.45, 2.75) is 20.8 Å². The Morgan fingerprint density at radius 1 is 1.18 bits per heavy atom. The summed E-state index contributed by atoms with van der Waals surface area (Å²) >= 11 is 11.2. The van der Waals surface area contributed by atoms with Gasteiger partial charge in [0.25, 0.3) is 0 Å². The third-order valence-electron chi connectivity index (χ3n) is 0.720. The molecule has 64 valence electrons. The van der Waals surface area contributed by atoms with Gasteiger partial charge in [0.1, 0.15) is 0 Å². The lowest BCUT2D eigenvalue weighted by molar-refractivity contribution is 1.50. The van der Waals surface area contributed by atoms with E-state index in [1.54, 1.807) is 6.08 Å². The quantitative estimate of drug-likeness (QED) is 0.567. The minimum atomic E-state index is 0.481. The summed E-state index contributed by atoms with van der Waals surface area (Å²) in [6.45, 7) is 9.33. The van der Waals surface area contributed by atoms with Crippen LogP contribution in [0.25, 0.3) is 0 Å². The molecule has 0 spiro atoms. The highest BCUT2D eigenvalue weighted by Crippen LogP contribution is 2.15. The van der Waals surface area contributed by atoms with Gasteiger partial charge in [-0.05, 0) is 19.1 Å². The molecule has 0 saturated carbocycles. The Balaban J connectivity index is 0. The topological polar surface area (TPSA) is 0 Å². The molecule has 2 heteroatoms. The average molecular weight is 193 g/mol. The van der Waals surface area contributed by atoms with Gasteiger partial charge in [-0.25, -0.2) is 0 Å². The van der Waals surface area contributed by atoms with Crippen molar-refractivity contribution in [1.82, 2.24) is 0 Å². The van der Waals surface area contributed by atoms with Crippen LogP contribution in [-0.4, -0.2) is 0 Å². The molecule has 0 fully saturated rings. The summed E-state index contributed by atoms with van der Waals surface area (Å²) < 4.78 is 0. The first-order valence-electron chi connectivity index (χ1n) is 3.52. The third-order valence-corrected chi connectivity index (χ3v) is 1.50. The molecule has 0 aromatic rings. The molecule has 0 rings (SSSR count). The molecule has 0 unspecified atom stereocenters. The fourth-order valence-corrected chi connectivity index (χ4v) is 0.590. The third kappa shape index (κ3) is 7.70. The summed E-state index contributed by atoms with van der Waals surface area (Å²) in [6.07, 6.45) is 5.03. The molecule has 0 aliphatic carbocycles. The normalized spacial score (nSPS) is 11.7. The largest absolute Gasteiger partial charge is 0.0975 e. The fourth-order valence-electron chi connectivity index (χ4n) is 0.323. The van der Waals surface area contributed by atoms with Crippen molar-refractivity contribution in [1.29, 1.82) is 0 Å². The van der Waals surface area contributed by atoms with Crippen molar-refractivity contribution in [2.24, 2.45) is 0 Å². The highest BCUT2D eigenvalue weighted by atomic mass is 35.5. The SMILES string of the molecule is C=C/C(Cl)=C(Cl)\C=C/C.CC. The van der Waals surface area contributed by atoms with Crippen LogP contribution < -0.4 is 0 Å². The summed E-state index contributed by atoms with van der Waals surface area (Å²) in [7, 11) is 0. The molecule has 0 aliphatic heterocycles. The van der Waals surface area contributed by atoms with E-state index in [0.29, 0.717) is 10.1 Å². The Morgan fingerprint density at radius 3 is 1.91 bits per heavy atom. The summed E-state index contributed by atoms with van der Waals surface area (Å²) in [5.41, 5.74) is 0. The van der Waals surface area contributed by atoms with Gasteiger partial charge in [-0.15, -0.1) is 0 Å². The van der Waals surface area contributed by atoms with Crippen LogP contribution in [0.4, 0.5) is 0 Å². The van der Waals surface area contributed by atoms with Gasteiger partial charge in [-0.2, -0.15) is 0 Å². The summed E-state index contributed by atoms with van der Waals surface area (Å²) in [5.74, 6) is 0. The molecule has 0 aliphatic rings. The smallest absolute Gasteiger partial charge is 0.0588 e. The molecule has 0 N–H and O–H groups in total. The van der Waals surface area contributed by atoms with Crippen LogP contribution in [0.1, 0.15) is 20.8 Å². The monoisotopic (exact) mass is 192 g/mol. The summed E-state index contributed by atoms with van der Waals surface area (Å²) in [5, 5.41) is 1.00. The Labute approximate surface area is 79.2 Å². The van der Waals surface area contributed by atoms with E-state index in [1.165, 1.54) is 6.08 Å². The Kier molecular flexibility index (Phi) is 11.9. The zero-order valence-electron chi connectivity index (χ0n) is 7.20. The second-order valence-corrected chi connectivity index (χ2v) is 2.21. The van der Waals surface area contributed by atoms with E-state index in [1.807, 2.05) is 26.8 Å². The lowest BCUT2D eigenvalue weighted by atomic mass is 10.4. The molecule has 0 atom stereocenters. The zero-order chi connectivity index (χ0) is 9.28. The standard InChI is InChI=1S/C7H8Cl2.C2H6/c1-3-5-7(9)6(8)4-2;1-2/h3-5H,2H2,1H3;1-2H3/b5-3-,7-6-;. The van der Waals surface area contributed by atoms with Crippen molar-refractivity contribution in [3.05, 3.63) is 34.9 Å². The maximum absolute atomic E-state index is 5.62. The molecule has 0 bridgehead atoms. The van der Waals surface area contributed by atoms with E-state index in [2.05, 4.69) is 6.58 Å². The van der Waals surface area contributed by atoms with Gasteiger partial charge in [-0.3, -0.25) is 0 Å².